The molecule has 1 saturated heterocycles. The van der Waals surface area contributed by atoms with Crippen molar-refractivity contribution in [2.45, 2.75) is 86.3 Å². The van der Waals surface area contributed by atoms with Crippen molar-refractivity contribution in [3.8, 4) is 5.75 Å². The molecule has 0 saturated carbocycles. The van der Waals surface area contributed by atoms with E-state index < -0.39 is 5.60 Å². The molecule has 1 aliphatic rings. The summed E-state index contributed by atoms with van der Waals surface area (Å²) in [6, 6.07) is 20.0. The van der Waals surface area contributed by atoms with Gasteiger partial charge in [-0.25, -0.2) is 0 Å². The number of ether oxygens (including phenoxy) is 1. The Morgan fingerprint density at radius 1 is 0.909 bits per heavy atom. The van der Waals surface area contributed by atoms with Gasteiger partial charge in [-0.3, -0.25) is 4.90 Å². The molecular weight excluding hydrogens is 406 g/mol. The summed E-state index contributed by atoms with van der Waals surface area (Å²) in [6.07, 6.45) is 2.31. The van der Waals surface area contributed by atoms with Crippen LogP contribution in [0.4, 0.5) is 0 Å². The summed E-state index contributed by atoms with van der Waals surface area (Å²) in [7, 11) is 2.09. The average Bonchev–Trinajstić information content (AvgIpc) is 2.89. The molecule has 0 aliphatic carbocycles. The Morgan fingerprint density at radius 2 is 1.39 bits per heavy atom. The zero-order valence-electron chi connectivity index (χ0n) is 22.9. The molecule has 3 rings (SSSR count). The number of hydrogen-bond acceptors (Lipinski definition) is 3. The van der Waals surface area contributed by atoms with Crippen LogP contribution in [0.1, 0.15) is 86.3 Å². The summed E-state index contributed by atoms with van der Waals surface area (Å²) in [5, 5.41) is 11.5. The number of rotatable bonds is 6. The Labute approximate surface area is 205 Å². The van der Waals surface area contributed by atoms with E-state index >= 15 is 0 Å². The van der Waals surface area contributed by atoms with Crippen LogP contribution in [0.25, 0.3) is 0 Å². The number of piperidine rings is 1. The topological polar surface area (TPSA) is 32.7 Å². The van der Waals surface area contributed by atoms with E-state index in [0.717, 1.165) is 36.3 Å². The summed E-state index contributed by atoms with van der Waals surface area (Å²) in [5.41, 5.74) is 1.26. The number of likely N-dealkylation sites (tertiary alicyclic amines) is 1. The van der Waals surface area contributed by atoms with E-state index in [-0.39, 0.29) is 6.04 Å². The summed E-state index contributed by atoms with van der Waals surface area (Å²) in [5.74, 6) is 0.830. The Balaban J connectivity index is 0. The maximum absolute atomic E-state index is 11.5. The molecular formula is C30H51NO2. The molecule has 0 amide bonds. The van der Waals surface area contributed by atoms with Gasteiger partial charge >= 0.3 is 0 Å². The van der Waals surface area contributed by atoms with Crippen LogP contribution in [0.2, 0.25) is 0 Å². The third-order valence-electron chi connectivity index (χ3n) is 4.93. The number of benzene rings is 2. The van der Waals surface area contributed by atoms with Gasteiger partial charge in [-0.1, -0.05) is 110 Å². The highest BCUT2D eigenvalue weighted by Gasteiger charge is 2.42. The van der Waals surface area contributed by atoms with Crippen molar-refractivity contribution in [3.63, 3.8) is 0 Å². The highest BCUT2D eigenvalue weighted by atomic mass is 16.5. The molecule has 2 aromatic rings. The van der Waals surface area contributed by atoms with E-state index in [0.29, 0.717) is 13.0 Å². The lowest BCUT2D eigenvalue weighted by atomic mass is 9.77. The van der Waals surface area contributed by atoms with Crippen LogP contribution in [0.15, 0.2) is 72.8 Å². The Morgan fingerprint density at radius 3 is 1.91 bits per heavy atom. The molecule has 0 aromatic heterocycles. The molecule has 2 aromatic carbocycles. The van der Waals surface area contributed by atoms with E-state index in [4.69, 9.17) is 4.74 Å². The van der Waals surface area contributed by atoms with Gasteiger partial charge < -0.3 is 9.84 Å². The van der Waals surface area contributed by atoms with Crippen LogP contribution in [0, 0.1) is 0 Å². The predicted molar refractivity (Wildman–Crippen MR) is 147 cm³/mol. The minimum atomic E-state index is -0.814. The number of nitrogens with zero attached hydrogens (tertiary/aromatic N) is 1. The van der Waals surface area contributed by atoms with Gasteiger partial charge in [0.25, 0.3) is 0 Å². The number of para-hydroxylation sites is 1. The Kier molecular flexibility index (Phi) is 20.5. The zero-order valence-corrected chi connectivity index (χ0v) is 22.9. The first kappa shape index (κ1) is 33.1. The fraction of sp³-hybridized carbons (Fsp3) is 0.533. The van der Waals surface area contributed by atoms with Crippen LogP contribution in [-0.2, 0) is 0 Å². The lowest BCUT2D eigenvalue weighted by molar-refractivity contribution is -0.0749. The smallest absolute Gasteiger partial charge is 0.119 e. The largest absolute Gasteiger partial charge is 0.489 e. The van der Waals surface area contributed by atoms with Crippen LogP contribution in [0.5, 0.6) is 5.75 Å². The molecule has 1 N–H and O–H groups in total. The quantitative estimate of drug-likeness (QED) is 0.443. The standard InChI is InChI=1S/C22H27NO2.4C2H6/c1-18(17-25-20-12-7-4-8-13-20)16-22(24)14-9-15-23(2)21(22)19-10-5-3-6-11-19;4*1-2/h3-8,10-13,21,24H,1,9,14-17H2,2H3;4*1-2H3. The molecule has 1 aliphatic heterocycles. The maximum Gasteiger partial charge on any atom is 0.119 e. The molecule has 2 unspecified atom stereocenters. The lowest BCUT2D eigenvalue weighted by Gasteiger charge is -2.46. The van der Waals surface area contributed by atoms with Crippen LogP contribution >= 0.6 is 0 Å². The van der Waals surface area contributed by atoms with Gasteiger partial charge in [0.15, 0.2) is 0 Å². The molecule has 0 spiro atoms. The van der Waals surface area contributed by atoms with Gasteiger partial charge in [0.05, 0.1) is 11.6 Å². The SMILES string of the molecule is C=C(COc1ccccc1)CC1(O)CCCN(C)C1c1ccccc1.CC.CC.CC.CC. The third-order valence-corrected chi connectivity index (χ3v) is 4.93. The van der Waals surface area contributed by atoms with Gasteiger partial charge in [0.1, 0.15) is 12.4 Å². The molecule has 0 bridgehead atoms. The van der Waals surface area contributed by atoms with Gasteiger partial charge in [0.2, 0.25) is 0 Å². The first-order chi connectivity index (χ1) is 16.1. The fourth-order valence-electron chi connectivity index (χ4n) is 3.88. The van der Waals surface area contributed by atoms with E-state index in [2.05, 4.69) is 30.7 Å². The molecule has 188 valence electrons. The minimum Gasteiger partial charge on any atom is -0.489 e. The Hall–Kier alpha value is -2.10. The molecule has 2 atom stereocenters. The van der Waals surface area contributed by atoms with Crippen molar-refractivity contribution in [3.05, 3.63) is 78.4 Å². The summed E-state index contributed by atoms with van der Waals surface area (Å²) in [6.45, 7) is 21.6. The summed E-state index contributed by atoms with van der Waals surface area (Å²) in [4.78, 5) is 2.25. The van der Waals surface area contributed by atoms with Crippen molar-refractivity contribution in [1.29, 1.82) is 0 Å². The monoisotopic (exact) mass is 457 g/mol. The van der Waals surface area contributed by atoms with E-state index in [1.54, 1.807) is 0 Å². The minimum absolute atomic E-state index is 0.0177. The first-order valence-corrected chi connectivity index (χ1v) is 12.9. The van der Waals surface area contributed by atoms with Crippen molar-refractivity contribution >= 4 is 0 Å². The van der Waals surface area contributed by atoms with Crippen LogP contribution < -0.4 is 4.74 Å². The van der Waals surface area contributed by atoms with Gasteiger partial charge in [0, 0.05) is 6.42 Å². The summed E-state index contributed by atoms with van der Waals surface area (Å²) < 4.78 is 5.80. The summed E-state index contributed by atoms with van der Waals surface area (Å²) >= 11 is 0. The number of hydrogen-bond donors (Lipinski definition) is 1. The van der Waals surface area contributed by atoms with E-state index in [9.17, 15) is 5.11 Å². The van der Waals surface area contributed by atoms with Crippen molar-refractivity contribution < 1.29 is 9.84 Å². The molecule has 33 heavy (non-hydrogen) atoms. The van der Waals surface area contributed by atoms with Crippen molar-refractivity contribution in [2.24, 2.45) is 0 Å². The van der Waals surface area contributed by atoms with E-state index in [1.165, 1.54) is 0 Å². The fourth-order valence-corrected chi connectivity index (χ4v) is 3.88. The van der Waals surface area contributed by atoms with Gasteiger partial charge in [-0.15, -0.1) is 0 Å². The highest BCUT2D eigenvalue weighted by Crippen LogP contribution is 2.41. The number of likely N-dealkylation sites (N-methyl/N-ethyl adjacent to an activating group) is 1. The van der Waals surface area contributed by atoms with Gasteiger partial charge in [-0.2, -0.15) is 0 Å². The van der Waals surface area contributed by atoms with E-state index in [1.807, 2.05) is 104 Å². The predicted octanol–water partition coefficient (Wildman–Crippen LogP) is 8.31. The average molecular weight is 458 g/mol. The lowest BCUT2D eigenvalue weighted by Crippen LogP contribution is -2.49. The van der Waals surface area contributed by atoms with Gasteiger partial charge in [-0.05, 0) is 49.7 Å². The second kappa shape index (κ2) is 20.5. The van der Waals surface area contributed by atoms with Crippen molar-refractivity contribution in [1.82, 2.24) is 4.90 Å². The molecule has 1 heterocycles. The zero-order chi connectivity index (χ0) is 25.7. The highest BCUT2D eigenvalue weighted by molar-refractivity contribution is 5.25. The normalized spacial score (nSPS) is 18.9. The molecule has 0 radical (unpaired) electrons. The second-order valence-corrected chi connectivity index (χ2v) is 7.03. The molecule has 1 fully saturated rings. The van der Waals surface area contributed by atoms with Crippen LogP contribution in [0.3, 0.4) is 0 Å². The molecule has 3 heteroatoms. The second-order valence-electron chi connectivity index (χ2n) is 7.03. The third kappa shape index (κ3) is 11.5. The maximum atomic E-state index is 11.5. The van der Waals surface area contributed by atoms with Crippen LogP contribution in [-0.4, -0.2) is 35.8 Å². The number of aliphatic hydroxyl groups is 1. The first-order valence-electron chi connectivity index (χ1n) is 12.9. The molecule has 3 nitrogen and oxygen atoms in total. The Bertz CT molecular complexity index is 687. The van der Waals surface area contributed by atoms with Crippen molar-refractivity contribution in [2.75, 3.05) is 20.2 Å².